The third-order valence-electron chi connectivity index (χ3n) is 3.06. The monoisotopic (exact) mass is 335 g/mol. The summed E-state index contributed by atoms with van der Waals surface area (Å²) in [5, 5.41) is 2.60. The SMILES string of the molecule is O=C(COC(=O)c1ccc(F)cc1Cl)NCCc1ccccc1. The van der Waals surface area contributed by atoms with E-state index in [-0.39, 0.29) is 10.6 Å². The summed E-state index contributed by atoms with van der Waals surface area (Å²) < 4.78 is 17.8. The van der Waals surface area contributed by atoms with E-state index in [1.165, 1.54) is 6.07 Å². The van der Waals surface area contributed by atoms with Crippen LogP contribution >= 0.6 is 11.6 Å². The molecule has 0 radical (unpaired) electrons. The Morgan fingerprint density at radius 1 is 1.13 bits per heavy atom. The van der Waals surface area contributed by atoms with Crippen molar-refractivity contribution in [3.63, 3.8) is 0 Å². The van der Waals surface area contributed by atoms with Gasteiger partial charge in [-0.15, -0.1) is 0 Å². The summed E-state index contributed by atoms with van der Waals surface area (Å²) in [6.07, 6.45) is 0.685. The number of halogens is 2. The molecule has 0 fully saturated rings. The molecular weight excluding hydrogens is 321 g/mol. The minimum Gasteiger partial charge on any atom is -0.452 e. The molecule has 0 aliphatic heterocycles. The van der Waals surface area contributed by atoms with Gasteiger partial charge in [-0.25, -0.2) is 9.18 Å². The van der Waals surface area contributed by atoms with Gasteiger partial charge in [-0.1, -0.05) is 41.9 Å². The first kappa shape index (κ1) is 17.0. The molecule has 2 aromatic carbocycles. The second-order valence-electron chi connectivity index (χ2n) is 4.79. The van der Waals surface area contributed by atoms with Gasteiger partial charge in [0.1, 0.15) is 5.82 Å². The van der Waals surface area contributed by atoms with Gasteiger partial charge in [0.25, 0.3) is 5.91 Å². The molecule has 0 spiro atoms. The first-order valence-corrected chi connectivity index (χ1v) is 7.37. The van der Waals surface area contributed by atoms with Gasteiger partial charge in [0, 0.05) is 6.54 Å². The minimum atomic E-state index is -0.770. The summed E-state index contributed by atoms with van der Waals surface area (Å²) in [6, 6.07) is 13.0. The van der Waals surface area contributed by atoms with Crippen LogP contribution in [0.4, 0.5) is 4.39 Å². The Hall–Kier alpha value is -2.40. The summed E-state index contributed by atoms with van der Waals surface area (Å²) in [7, 11) is 0. The number of nitrogens with one attached hydrogen (secondary N) is 1. The molecule has 120 valence electrons. The van der Waals surface area contributed by atoms with E-state index in [0.717, 1.165) is 17.7 Å². The van der Waals surface area contributed by atoms with Crippen molar-refractivity contribution in [1.29, 1.82) is 0 Å². The Morgan fingerprint density at radius 3 is 2.57 bits per heavy atom. The Bertz CT molecular complexity index is 691. The predicted molar refractivity (Wildman–Crippen MR) is 84.8 cm³/mol. The van der Waals surface area contributed by atoms with E-state index in [1.54, 1.807) is 0 Å². The van der Waals surface area contributed by atoms with Crippen LogP contribution in [0.15, 0.2) is 48.5 Å². The van der Waals surface area contributed by atoms with Crippen molar-refractivity contribution in [2.24, 2.45) is 0 Å². The van der Waals surface area contributed by atoms with Gasteiger partial charge in [-0.05, 0) is 30.2 Å². The maximum Gasteiger partial charge on any atom is 0.340 e. The maximum absolute atomic E-state index is 12.9. The molecule has 2 rings (SSSR count). The fourth-order valence-electron chi connectivity index (χ4n) is 1.91. The number of hydrogen-bond donors (Lipinski definition) is 1. The highest BCUT2D eigenvalue weighted by Crippen LogP contribution is 2.18. The Morgan fingerprint density at radius 2 is 1.87 bits per heavy atom. The fourth-order valence-corrected chi connectivity index (χ4v) is 2.15. The van der Waals surface area contributed by atoms with Gasteiger partial charge in [0.05, 0.1) is 10.6 Å². The van der Waals surface area contributed by atoms with Crippen LogP contribution in [0.3, 0.4) is 0 Å². The van der Waals surface area contributed by atoms with Crippen LogP contribution in [0.2, 0.25) is 5.02 Å². The lowest BCUT2D eigenvalue weighted by atomic mass is 10.1. The Labute approximate surface area is 138 Å². The number of carbonyl (C=O) groups excluding carboxylic acids is 2. The van der Waals surface area contributed by atoms with E-state index in [4.69, 9.17) is 16.3 Å². The molecule has 0 aromatic heterocycles. The maximum atomic E-state index is 12.9. The van der Waals surface area contributed by atoms with E-state index in [1.807, 2.05) is 30.3 Å². The quantitative estimate of drug-likeness (QED) is 0.826. The van der Waals surface area contributed by atoms with Crippen LogP contribution in [-0.2, 0) is 16.0 Å². The lowest BCUT2D eigenvalue weighted by Crippen LogP contribution is -2.30. The molecule has 1 amide bonds. The van der Waals surface area contributed by atoms with E-state index < -0.39 is 24.3 Å². The Kier molecular flexibility index (Phi) is 6.11. The Balaban J connectivity index is 1.74. The minimum absolute atomic E-state index is 0.0187. The normalized spacial score (nSPS) is 10.2. The van der Waals surface area contributed by atoms with Gasteiger partial charge in [0.2, 0.25) is 0 Å². The molecule has 0 saturated heterocycles. The molecule has 2 aromatic rings. The molecule has 0 bridgehead atoms. The largest absolute Gasteiger partial charge is 0.452 e. The first-order chi connectivity index (χ1) is 11.1. The number of amides is 1. The van der Waals surface area contributed by atoms with Crippen LogP contribution in [0.1, 0.15) is 15.9 Å². The van der Waals surface area contributed by atoms with Crippen molar-refractivity contribution < 1.29 is 18.7 Å². The lowest BCUT2D eigenvalue weighted by Gasteiger charge is -2.07. The van der Waals surface area contributed by atoms with Gasteiger partial charge in [-0.2, -0.15) is 0 Å². The standard InChI is InChI=1S/C17H15ClFNO3/c18-15-10-13(19)6-7-14(15)17(22)23-11-16(21)20-9-8-12-4-2-1-3-5-12/h1-7,10H,8-9,11H2,(H,20,21). The summed E-state index contributed by atoms with van der Waals surface area (Å²) >= 11 is 5.75. The molecule has 0 saturated carbocycles. The van der Waals surface area contributed by atoms with Crippen molar-refractivity contribution in [3.8, 4) is 0 Å². The smallest absolute Gasteiger partial charge is 0.340 e. The number of carbonyl (C=O) groups is 2. The van der Waals surface area contributed by atoms with Gasteiger partial charge in [-0.3, -0.25) is 4.79 Å². The van der Waals surface area contributed by atoms with E-state index in [9.17, 15) is 14.0 Å². The van der Waals surface area contributed by atoms with Crippen LogP contribution in [0.5, 0.6) is 0 Å². The van der Waals surface area contributed by atoms with Gasteiger partial charge >= 0.3 is 5.97 Å². The molecule has 0 unspecified atom stereocenters. The van der Waals surface area contributed by atoms with Gasteiger partial charge < -0.3 is 10.1 Å². The van der Waals surface area contributed by atoms with Crippen molar-refractivity contribution >= 4 is 23.5 Å². The van der Waals surface area contributed by atoms with E-state index in [0.29, 0.717) is 13.0 Å². The van der Waals surface area contributed by atoms with Crippen molar-refractivity contribution in [1.82, 2.24) is 5.32 Å². The highest BCUT2D eigenvalue weighted by atomic mass is 35.5. The van der Waals surface area contributed by atoms with Crippen molar-refractivity contribution in [3.05, 3.63) is 70.5 Å². The average Bonchev–Trinajstić information content (AvgIpc) is 2.53. The number of esters is 1. The lowest BCUT2D eigenvalue weighted by molar-refractivity contribution is -0.124. The van der Waals surface area contributed by atoms with Crippen molar-refractivity contribution in [2.45, 2.75) is 6.42 Å². The van der Waals surface area contributed by atoms with Crippen LogP contribution < -0.4 is 5.32 Å². The van der Waals surface area contributed by atoms with E-state index in [2.05, 4.69) is 5.32 Å². The fraction of sp³-hybridized carbons (Fsp3) is 0.176. The van der Waals surface area contributed by atoms with Gasteiger partial charge in [0.15, 0.2) is 6.61 Å². The molecular formula is C17H15ClFNO3. The van der Waals surface area contributed by atoms with Crippen molar-refractivity contribution in [2.75, 3.05) is 13.2 Å². The molecule has 0 heterocycles. The zero-order chi connectivity index (χ0) is 16.7. The predicted octanol–water partition coefficient (Wildman–Crippen LogP) is 2.99. The van der Waals surface area contributed by atoms with E-state index >= 15 is 0 Å². The van der Waals surface area contributed by atoms with Crippen LogP contribution in [0.25, 0.3) is 0 Å². The van der Waals surface area contributed by atoms with Crippen LogP contribution in [0, 0.1) is 5.82 Å². The topological polar surface area (TPSA) is 55.4 Å². The molecule has 4 nitrogen and oxygen atoms in total. The first-order valence-electron chi connectivity index (χ1n) is 6.99. The second kappa shape index (κ2) is 8.29. The van der Waals surface area contributed by atoms with Crippen LogP contribution in [-0.4, -0.2) is 25.0 Å². The highest BCUT2D eigenvalue weighted by molar-refractivity contribution is 6.33. The summed E-state index contributed by atoms with van der Waals surface area (Å²) in [6.45, 7) is 0.0268. The summed E-state index contributed by atoms with van der Waals surface area (Å²) in [5.41, 5.74) is 1.12. The number of hydrogen-bond acceptors (Lipinski definition) is 3. The third kappa shape index (κ3) is 5.38. The summed E-state index contributed by atoms with van der Waals surface area (Å²) in [4.78, 5) is 23.4. The number of benzene rings is 2. The number of ether oxygens (including phenoxy) is 1. The average molecular weight is 336 g/mol. The zero-order valence-electron chi connectivity index (χ0n) is 12.2. The number of rotatable bonds is 6. The highest BCUT2D eigenvalue weighted by Gasteiger charge is 2.14. The second-order valence-corrected chi connectivity index (χ2v) is 5.19. The third-order valence-corrected chi connectivity index (χ3v) is 3.38. The zero-order valence-corrected chi connectivity index (χ0v) is 13.0. The molecule has 1 N–H and O–H groups in total. The molecule has 23 heavy (non-hydrogen) atoms. The summed E-state index contributed by atoms with van der Waals surface area (Å²) in [5.74, 6) is -1.73. The molecule has 0 aliphatic carbocycles. The molecule has 0 aliphatic rings. The molecule has 0 atom stereocenters. The molecule has 6 heteroatoms.